The van der Waals surface area contributed by atoms with Crippen LogP contribution >= 0.6 is 11.3 Å². The molecule has 0 aromatic carbocycles. The van der Waals surface area contributed by atoms with Gasteiger partial charge < -0.3 is 14.7 Å². The van der Waals surface area contributed by atoms with Gasteiger partial charge in [-0.2, -0.15) is 4.98 Å². The molecule has 7 heteroatoms. The molecule has 0 fully saturated rings. The van der Waals surface area contributed by atoms with Crippen molar-refractivity contribution in [1.29, 1.82) is 0 Å². The quantitative estimate of drug-likeness (QED) is 0.872. The van der Waals surface area contributed by atoms with Crippen molar-refractivity contribution < 1.29 is 4.52 Å². The third-order valence-corrected chi connectivity index (χ3v) is 3.03. The number of hydrogen-bond donors (Lipinski definition) is 1. The van der Waals surface area contributed by atoms with E-state index in [-0.39, 0.29) is 0 Å². The number of rotatable bonds is 4. The maximum absolute atomic E-state index is 4.94. The van der Waals surface area contributed by atoms with Gasteiger partial charge in [-0.3, -0.25) is 0 Å². The first-order valence-corrected chi connectivity index (χ1v) is 5.63. The third kappa shape index (κ3) is 2.48. The van der Waals surface area contributed by atoms with Crippen molar-refractivity contribution in [3.63, 3.8) is 0 Å². The van der Waals surface area contributed by atoms with Crippen LogP contribution in [0.1, 0.15) is 10.7 Å². The van der Waals surface area contributed by atoms with E-state index in [4.69, 9.17) is 4.52 Å². The summed E-state index contributed by atoms with van der Waals surface area (Å²) in [6.07, 6.45) is 1.84. The maximum Gasteiger partial charge on any atom is 0.321 e. The van der Waals surface area contributed by atoms with E-state index in [1.165, 1.54) is 0 Å². The Hall–Kier alpha value is -1.63. The highest BCUT2D eigenvalue weighted by Crippen LogP contribution is 2.20. The highest BCUT2D eigenvalue weighted by molar-refractivity contribution is 7.15. The minimum atomic E-state index is 0.442. The second-order valence-corrected chi connectivity index (χ2v) is 4.60. The molecule has 0 amide bonds. The molecule has 0 aliphatic carbocycles. The molecule has 86 valence electrons. The lowest BCUT2D eigenvalue weighted by Gasteiger charge is -2.05. The molecule has 16 heavy (non-hydrogen) atoms. The molecule has 0 unspecified atom stereocenters. The van der Waals surface area contributed by atoms with Crippen LogP contribution in [0, 0.1) is 6.92 Å². The first kappa shape index (κ1) is 10.9. The lowest BCUT2D eigenvalue weighted by molar-refractivity contribution is 0.425. The Kier molecular flexibility index (Phi) is 3.04. The summed E-state index contributed by atoms with van der Waals surface area (Å²) in [5.41, 5.74) is 0. The SMILES string of the molecule is Cc1noc(NCc2cnc(N(C)C)s2)n1. The summed E-state index contributed by atoms with van der Waals surface area (Å²) in [7, 11) is 3.94. The van der Waals surface area contributed by atoms with Crippen molar-refractivity contribution in [2.24, 2.45) is 0 Å². The van der Waals surface area contributed by atoms with Crippen LogP contribution in [0.5, 0.6) is 0 Å². The fourth-order valence-corrected chi connectivity index (χ4v) is 1.89. The van der Waals surface area contributed by atoms with Gasteiger partial charge in [0, 0.05) is 25.2 Å². The number of hydrogen-bond acceptors (Lipinski definition) is 7. The predicted octanol–water partition coefficient (Wildman–Crippen LogP) is 1.51. The van der Waals surface area contributed by atoms with Crippen LogP contribution in [-0.4, -0.2) is 29.2 Å². The average Bonchev–Trinajstić information content (AvgIpc) is 2.83. The summed E-state index contributed by atoms with van der Waals surface area (Å²) in [6.45, 7) is 2.43. The first-order valence-electron chi connectivity index (χ1n) is 4.81. The molecule has 6 nitrogen and oxygen atoms in total. The lowest BCUT2D eigenvalue weighted by Crippen LogP contribution is -2.07. The molecule has 2 heterocycles. The first-order chi connectivity index (χ1) is 7.65. The van der Waals surface area contributed by atoms with Crippen molar-refractivity contribution in [3.05, 3.63) is 16.9 Å². The Labute approximate surface area is 97.3 Å². The molecule has 0 atom stereocenters. The van der Waals surface area contributed by atoms with Crippen molar-refractivity contribution in [2.75, 3.05) is 24.3 Å². The van der Waals surface area contributed by atoms with E-state index >= 15 is 0 Å². The largest absolute Gasteiger partial charge is 0.354 e. The smallest absolute Gasteiger partial charge is 0.321 e. The molecule has 2 aromatic rings. The van der Waals surface area contributed by atoms with Gasteiger partial charge in [0.1, 0.15) is 0 Å². The molecular formula is C9H13N5OS. The molecule has 2 rings (SSSR count). The van der Waals surface area contributed by atoms with Gasteiger partial charge >= 0.3 is 6.01 Å². The van der Waals surface area contributed by atoms with Crippen molar-refractivity contribution in [2.45, 2.75) is 13.5 Å². The molecule has 1 N–H and O–H groups in total. The predicted molar refractivity (Wildman–Crippen MR) is 62.8 cm³/mol. The molecule has 0 aliphatic rings. The van der Waals surface area contributed by atoms with E-state index in [1.807, 2.05) is 25.2 Å². The summed E-state index contributed by atoms with van der Waals surface area (Å²) in [5, 5.41) is 7.72. The summed E-state index contributed by atoms with van der Waals surface area (Å²) in [6, 6.07) is 0.442. The zero-order valence-corrected chi connectivity index (χ0v) is 10.2. The van der Waals surface area contributed by atoms with Crippen LogP contribution in [0.2, 0.25) is 0 Å². The maximum atomic E-state index is 4.94. The van der Waals surface area contributed by atoms with Gasteiger partial charge in [0.2, 0.25) is 0 Å². The van der Waals surface area contributed by atoms with Crippen LogP contribution in [-0.2, 0) is 6.54 Å². The lowest BCUT2D eigenvalue weighted by atomic mass is 10.5. The molecule has 0 spiro atoms. The Bertz CT molecular complexity index is 464. The average molecular weight is 239 g/mol. The zero-order chi connectivity index (χ0) is 11.5. The summed E-state index contributed by atoms with van der Waals surface area (Å²) in [4.78, 5) is 11.4. The fourth-order valence-electron chi connectivity index (χ4n) is 1.12. The Morgan fingerprint density at radius 1 is 1.50 bits per heavy atom. The van der Waals surface area contributed by atoms with Gasteiger partial charge in [-0.05, 0) is 6.92 Å². The van der Waals surface area contributed by atoms with Crippen LogP contribution in [0.15, 0.2) is 10.7 Å². The van der Waals surface area contributed by atoms with Gasteiger partial charge in [0.05, 0.1) is 6.54 Å². The number of nitrogens with zero attached hydrogens (tertiary/aromatic N) is 4. The van der Waals surface area contributed by atoms with Gasteiger partial charge in [-0.1, -0.05) is 5.16 Å². The second kappa shape index (κ2) is 4.48. The van der Waals surface area contributed by atoms with E-state index in [1.54, 1.807) is 18.3 Å². The monoisotopic (exact) mass is 239 g/mol. The van der Waals surface area contributed by atoms with Gasteiger partial charge in [0.15, 0.2) is 11.0 Å². The highest BCUT2D eigenvalue weighted by Gasteiger charge is 2.05. The molecule has 0 bridgehead atoms. The van der Waals surface area contributed by atoms with E-state index in [2.05, 4.69) is 20.4 Å². The number of nitrogens with one attached hydrogen (secondary N) is 1. The Balaban J connectivity index is 1.94. The van der Waals surface area contributed by atoms with Crippen LogP contribution in [0.4, 0.5) is 11.1 Å². The minimum absolute atomic E-state index is 0.442. The third-order valence-electron chi connectivity index (χ3n) is 1.87. The Morgan fingerprint density at radius 2 is 2.31 bits per heavy atom. The summed E-state index contributed by atoms with van der Waals surface area (Å²) >= 11 is 1.63. The molecule has 0 radical (unpaired) electrons. The van der Waals surface area contributed by atoms with Crippen molar-refractivity contribution in [3.8, 4) is 0 Å². The fraction of sp³-hybridized carbons (Fsp3) is 0.444. The molecule has 0 saturated carbocycles. The van der Waals surface area contributed by atoms with Crippen LogP contribution < -0.4 is 10.2 Å². The van der Waals surface area contributed by atoms with Crippen LogP contribution in [0.3, 0.4) is 0 Å². The second-order valence-electron chi connectivity index (χ2n) is 3.50. The topological polar surface area (TPSA) is 67.1 Å². The van der Waals surface area contributed by atoms with E-state index < -0.39 is 0 Å². The van der Waals surface area contributed by atoms with Gasteiger partial charge in [-0.25, -0.2) is 4.98 Å². The molecular weight excluding hydrogens is 226 g/mol. The molecule has 2 aromatic heterocycles. The standard InChI is InChI=1S/C9H13N5OS/c1-6-12-8(15-13-6)10-4-7-5-11-9(16-7)14(2)3/h5H,4H2,1-3H3,(H,10,12,13). The number of thiazole rings is 1. The number of aryl methyl sites for hydroxylation is 1. The highest BCUT2D eigenvalue weighted by atomic mass is 32.1. The minimum Gasteiger partial charge on any atom is -0.354 e. The Morgan fingerprint density at radius 3 is 2.88 bits per heavy atom. The summed E-state index contributed by atoms with van der Waals surface area (Å²) in [5.74, 6) is 0.626. The van der Waals surface area contributed by atoms with Gasteiger partial charge in [0.25, 0.3) is 0 Å². The molecule has 0 saturated heterocycles. The number of aromatic nitrogens is 3. The van der Waals surface area contributed by atoms with E-state index in [0.29, 0.717) is 18.4 Å². The zero-order valence-electron chi connectivity index (χ0n) is 9.39. The van der Waals surface area contributed by atoms with Crippen LogP contribution in [0.25, 0.3) is 0 Å². The van der Waals surface area contributed by atoms with E-state index in [0.717, 1.165) is 10.0 Å². The molecule has 0 aliphatic heterocycles. The van der Waals surface area contributed by atoms with Crippen molar-refractivity contribution in [1.82, 2.24) is 15.1 Å². The number of anilines is 2. The van der Waals surface area contributed by atoms with Gasteiger partial charge in [-0.15, -0.1) is 11.3 Å². The van der Waals surface area contributed by atoms with Crippen molar-refractivity contribution >= 4 is 22.5 Å². The normalized spacial score (nSPS) is 10.4. The van der Waals surface area contributed by atoms with E-state index in [9.17, 15) is 0 Å². The summed E-state index contributed by atoms with van der Waals surface area (Å²) < 4.78 is 4.94.